The number of hydrogen-bond donors (Lipinski definition) is 0. The van der Waals surface area contributed by atoms with Crippen molar-refractivity contribution >= 4 is 5.78 Å². The Morgan fingerprint density at radius 3 is 2.72 bits per heavy atom. The van der Waals surface area contributed by atoms with E-state index >= 15 is 0 Å². The number of ether oxygens (including phenoxy) is 1. The first-order valence-electron chi connectivity index (χ1n) is 5.52. The summed E-state index contributed by atoms with van der Waals surface area (Å²) >= 11 is 0. The maximum atomic E-state index is 11.8. The van der Waals surface area contributed by atoms with Gasteiger partial charge in [0.1, 0.15) is 17.9 Å². The van der Waals surface area contributed by atoms with Crippen LogP contribution in [-0.4, -0.2) is 32.6 Å². The lowest BCUT2D eigenvalue weighted by Gasteiger charge is -2.02. The molecule has 0 saturated carbocycles. The molecule has 2 heterocycles. The number of pyridine rings is 1. The van der Waals surface area contributed by atoms with E-state index in [2.05, 4.69) is 15.1 Å². The van der Waals surface area contributed by atoms with Crippen LogP contribution < -0.4 is 4.74 Å². The van der Waals surface area contributed by atoms with Crippen molar-refractivity contribution in [1.29, 1.82) is 0 Å². The minimum atomic E-state index is 0.0815. The highest BCUT2D eigenvalue weighted by Crippen LogP contribution is 2.08. The van der Waals surface area contributed by atoms with E-state index in [0.29, 0.717) is 18.1 Å². The van der Waals surface area contributed by atoms with Gasteiger partial charge in [0.15, 0.2) is 0 Å². The number of nitrogens with zero attached hydrogens (tertiary/aromatic N) is 4. The summed E-state index contributed by atoms with van der Waals surface area (Å²) in [4.78, 5) is 19.9. The van der Waals surface area contributed by atoms with Gasteiger partial charge in [-0.05, 0) is 5.56 Å². The van der Waals surface area contributed by atoms with E-state index in [0.717, 1.165) is 5.56 Å². The third-order valence-corrected chi connectivity index (χ3v) is 2.57. The van der Waals surface area contributed by atoms with Crippen LogP contribution in [0.3, 0.4) is 0 Å². The second-order valence-electron chi connectivity index (χ2n) is 3.90. The molecule has 0 amide bonds. The molecule has 0 N–H and O–H groups in total. The summed E-state index contributed by atoms with van der Waals surface area (Å²) in [6.45, 7) is 0. The summed E-state index contributed by atoms with van der Waals surface area (Å²) in [6.07, 6.45) is 3.71. The molecule has 0 aromatic carbocycles. The quantitative estimate of drug-likeness (QED) is 0.771. The van der Waals surface area contributed by atoms with E-state index < -0.39 is 0 Å². The van der Waals surface area contributed by atoms with Gasteiger partial charge in [-0.25, -0.2) is 9.97 Å². The molecule has 0 aliphatic heterocycles. The zero-order valence-corrected chi connectivity index (χ0v) is 10.3. The van der Waals surface area contributed by atoms with Crippen LogP contribution in [0, 0.1) is 0 Å². The van der Waals surface area contributed by atoms with Gasteiger partial charge < -0.3 is 4.74 Å². The van der Waals surface area contributed by atoms with Gasteiger partial charge in [0.2, 0.25) is 5.88 Å². The van der Waals surface area contributed by atoms with Crippen molar-refractivity contribution in [3.8, 4) is 5.88 Å². The number of carbonyl (C=O) groups is 1. The van der Waals surface area contributed by atoms with Gasteiger partial charge in [-0.3, -0.25) is 9.48 Å². The highest BCUT2D eigenvalue weighted by molar-refractivity contribution is 5.82. The topological polar surface area (TPSA) is 69.9 Å². The molecule has 2 aromatic heterocycles. The van der Waals surface area contributed by atoms with E-state index in [-0.39, 0.29) is 12.2 Å². The minimum absolute atomic E-state index is 0.0815. The van der Waals surface area contributed by atoms with Gasteiger partial charge in [-0.15, -0.1) is 0 Å². The van der Waals surface area contributed by atoms with E-state index in [9.17, 15) is 4.79 Å². The number of hydrogen-bond acceptors (Lipinski definition) is 5. The molecule has 2 aromatic rings. The van der Waals surface area contributed by atoms with Gasteiger partial charge in [-0.1, -0.05) is 6.07 Å². The molecule has 6 heteroatoms. The highest BCUT2D eigenvalue weighted by Gasteiger charge is 2.09. The molecular formula is C12H14N4O2. The maximum absolute atomic E-state index is 11.8. The van der Waals surface area contributed by atoms with E-state index in [1.165, 1.54) is 6.33 Å². The van der Waals surface area contributed by atoms with Crippen molar-refractivity contribution in [2.75, 3.05) is 7.11 Å². The highest BCUT2D eigenvalue weighted by atomic mass is 16.5. The van der Waals surface area contributed by atoms with Crippen LogP contribution in [0.15, 0.2) is 24.7 Å². The second kappa shape index (κ2) is 5.39. The molecule has 0 radical (unpaired) electrons. The number of Topliss-reactive ketones (excluding diaryl/α,β-unsaturated/α-hetero) is 1. The molecule has 18 heavy (non-hydrogen) atoms. The minimum Gasteiger partial charge on any atom is -0.481 e. The lowest BCUT2D eigenvalue weighted by molar-refractivity contribution is -0.117. The number of ketones is 1. The predicted molar refractivity (Wildman–Crippen MR) is 64.2 cm³/mol. The Labute approximate surface area is 105 Å². The summed E-state index contributed by atoms with van der Waals surface area (Å²) in [6, 6.07) is 3.57. The molecule has 94 valence electrons. The fraction of sp³-hybridized carbons (Fsp3) is 0.333. The fourth-order valence-corrected chi connectivity index (χ4v) is 1.58. The lowest BCUT2D eigenvalue weighted by Crippen LogP contribution is -2.11. The van der Waals surface area contributed by atoms with Crippen molar-refractivity contribution in [2.45, 2.75) is 12.8 Å². The van der Waals surface area contributed by atoms with Crippen LogP contribution >= 0.6 is 0 Å². The Morgan fingerprint density at radius 1 is 1.33 bits per heavy atom. The van der Waals surface area contributed by atoms with Crippen LogP contribution in [0.5, 0.6) is 5.88 Å². The molecule has 0 aliphatic rings. The summed E-state index contributed by atoms with van der Waals surface area (Å²) in [5, 5.41) is 3.92. The van der Waals surface area contributed by atoms with Crippen molar-refractivity contribution in [3.05, 3.63) is 36.0 Å². The maximum Gasteiger partial charge on any atom is 0.212 e. The molecule has 0 unspecified atom stereocenters. The number of carbonyl (C=O) groups excluding carboxylic acids is 1. The average Bonchev–Trinajstić information content (AvgIpc) is 2.76. The van der Waals surface area contributed by atoms with Crippen LogP contribution in [-0.2, 0) is 24.7 Å². The number of rotatable bonds is 5. The van der Waals surface area contributed by atoms with Crippen LogP contribution in [0.4, 0.5) is 0 Å². The van der Waals surface area contributed by atoms with E-state index in [4.69, 9.17) is 4.74 Å². The molecule has 6 nitrogen and oxygen atoms in total. The Morgan fingerprint density at radius 2 is 2.17 bits per heavy atom. The molecule has 2 rings (SSSR count). The molecule has 0 bridgehead atoms. The SMILES string of the molecule is COc1ccc(CC(=O)Cc2ncnn2C)cn1. The van der Waals surface area contributed by atoms with Crippen LogP contribution in [0.1, 0.15) is 11.4 Å². The van der Waals surface area contributed by atoms with Crippen LogP contribution in [0.2, 0.25) is 0 Å². The van der Waals surface area contributed by atoms with Crippen LogP contribution in [0.25, 0.3) is 0 Å². The fourth-order valence-electron chi connectivity index (χ4n) is 1.58. The number of aryl methyl sites for hydroxylation is 1. The normalized spacial score (nSPS) is 10.3. The first kappa shape index (κ1) is 12.2. The molecule has 0 spiro atoms. The first-order chi connectivity index (χ1) is 8.69. The monoisotopic (exact) mass is 246 g/mol. The smallest absolute Gasteiger partial charge is 0.212 e. The predicted octanol–water partition coefficient (Wildman–Crippen LogP) is 0.573. The largest absolute Gasteiger partial charge is 0.481 e. The average molecular weight is 246 g/mol. The zero-order valence-electron chi connectivity index (χ0n) is 10.3. The third-order valence-electron chi connectivity index (χ3n) is 2.57. The molecule has 0 saturated heterocycles. The molecule has 0 aliphatic carbocycles. The number of aromatic nitrogens is 4. The Hall–Kier alpha value is -2.24. The molecular weight excluding hydrogens is 232 g/mol. The molecule has 0 fully saturated rings. The Kier molecular flexibility index (Phi) is 3.66. The second-order valence-corrected chi connectivity index (χ2v) is 3.90. The lowest BCUT2D eigenvalue weighted by atomic mass is 10.1. The summed E-state index contributed by atoms with van der Waals surface area (Å²) < 4.78 is 6.56. The molecule has 0 atom stereocenters. The number of methoxy groups -OCH3 is 1. The Balaban J connectivity index is 1.96. The zero-order chi connectivity index (χ0) is 13.0. The van der Waals surface area contributed by atoms with Gasteiger partial charge in [0, 0.05) is 25.7 Å². The van der Waals surface area contributed by atoms with Gasteiger partial charge in [0.25, 0.3) is 0 Å². The van der Waals surface area contributed by atoms with E-state index in [1.54, 1.807) is 31.1 Å². The summed E-state index contributed by atoms with van der Waals surface area (Å²) in [5.74, 6) is 1.29. The first-order valence-corrected chi connectivity index (χ1v) is 5.52. The van der Waals surface area contributed by atoms with E-state index in [1.807, 2.05) is 6.07 Å². The van der Waals surface area contributed by atoms with Gasteiger partial charge >= 0.3 is 0 Å². The Bertz CT molecular complexity index is 533. The summed E-state index contributed by atoms with van der Waals surface area (Å²) in [5.41, 5.74) is 0.864. The van der Waals surface area contributed by atoms with Gasteiger partial charge in [-0.2, -0.15) is 5.10 Å². The van der Waals surface area contributed by atoms with Crippen molar-refractivity contribution in [1.82, 2.24) is 19.7 Å². The van der Waals surface area contributed by atoms with Crippen molar-refractivity contribution in [3.63, 3.8) is 0 Å². The standard InChI is InChI=1S/C12H14N4O2/c1-16-11(14-8-15-16)6-10(17)5-9-3-4-12(18-2)13-7-9/h3-4,7-8H,5-6H2,1-2H3. The van der Waals surface area contributed by atoms with Crippen molar-refractivity contribution < 1.29 is 9.53 Å². The third kappa shape index (κ3) is 2.91. The van der Waals surface area contributed by atoms with Gasteiger partial charge in [0.05, 0.1) is 13.5 Å². The van der Waals surface area contributed by atoms with Crippen molar-refractivity contribution in [2.24, 2.45) is 7.05 Å². The summed E-state index contributed by atoms with van der Waals surface area (Å²) in [7, 11) is 3.33.